The summed E-state index contributed by atoms with van der Waals surface area (Å²) in [6, 6.07) is 0. The Hall–Kier alpha value is -0.530. The van der Waals surface area contributed by atoms with Crippen molar-refractivity contribution in [2.75, 3.05) is 0 Å². The van der Waals surface area contributed by atoms with Gasteiger partial charge in [-0.15, -0.1) is 0 Å². The summed E-state index contributed by atoms with van der Waals surface area (Å²) in [5.41, 5.74) is 0. The van der Waals surface area contributed by atoms with Crippen molar-refractivity contribution in [1.29, 1.82) is 0 Å². The van der Waals surface area contributed by atoms with Gasteiger partial charge in [0.05, 0.1) is 5.25 Å². The molecule has 0 aliphatic rings. The van der Waals surface area contributed by atoms with Crippen molar-refractivity contribution in [2.45, 2.75) is 20.3 Å². The van der Waals surface area contributed by atoms with Gasteiger partial charge < -0.3 is 0 Å². The summed E-state index contributed by atoms with van der Waals surface area (Å²) >= 11 is 0. The minimum absolute atomic E-state index is 0.300. The quantitative estimate of drug-likeness (QED) is 0.533. The molecule has 0 atom stereocenters. The van der Waals surface area contributed by atoms with Gasteiger partial charge in [-0.25, -0.2) is 0 Å². The van der Waals surface area contributed by atoms with Gasteiger partial charge in [0.15, 0.2) is 0 Å². The Labute approximate surface area is 61.2 Å². The fourth-order valence-corrected chi connectivity index (χ4v) is 0.594. The van der Waals surface area contributed by atoms with Gasteiger partial charge in [0.1, 0.15) is 0 Å². The van der Waals surface area contributed by atoms with Gasteiger partial charge in [0.2, 0.25) is 0 Å². The summed E-state index contributed by atoms with van der Waals surface area (Å²) in [5, 5.41) is 1.62. The maximum absolute atomic E-state index is 9.88. The van der Waals surface area contributed by atoms with Crippen molar-refractivity contribution >= 4 is 10.1 Å². The lowest BCUT2D eigenvalue weighted by Crippen LogP contribution is -1.89. The second-order valence-electron chi connectivity index (χ2n) is 2.33. The van der Waals surface area contributed by atoms with Crippen molar-refractivity contribution < 1.29 is 13.0 Å². The third kappa shape index (κ3) is 7.47. The van der Waals surface area contributed by atoms with Crippen LogP contribution in [0.25, 0.3) is 0 Å². The Bertz CT molecular complexity index is 240. The lowest BCUT2D eigenvalue weighted by Gasteiger charge is -1.91. The molecule has 0 unspecified atom stereocenters. The smallest absolute Gasteiger partial charge is 0.183 e. The van der Waals surface area contributed by atoms with Gasteiger partial charge in [-0.2, -0.15) is 8.42 Å². The molecule has 0 aliphatic heterocycles. The topological polar surface area (TPSA) is 54.0 Å². The van der Waals surface area contributed by atoms with Gasteiger partial charge >= 0.3 is 10.1 Å². The van der Waals surface area contributed by atoms with E-state index in [-0.39, 0.29) is 0 Å². The van der Waals surface area contributed by atoms with E-state index in [1.807, 2.05) is 13.8 Å². The molecule has 0 spiro atoms. The molecule has 0 bridgehead atoms. The monoisotopic (exact) mass is 161 g/mol. The highest BCUT2D eigenvalue weighted by Gasteiger charge is 1.96. The van der Waals surface area contributed by atoms with Crippen molar-refractivity contribution in [3.05, 3.63) is 0 Å². The van der Waals surface area contributed by atoms with Crippen LogP contribution in [0, 0.1) is 17.1 Å². The molecule has 0 rings (SSSR count). The van der Waals surface area contributed by atoms with Crippen LogP contribution in [0.15, 0.2) is 0 Å². The van der Waals surface area contributed by atoms with Gasteiger partial charge in [-0.3, -0.25) is 0 Å². The Morgan fingerprint density at radius 1 is 1.40 bits per heavy atom. The number of hydrogen-bond donors (Lipinski definition) is 0. The molecule has 1 radical (unpaired) electrons. The molecule has 57 valence electrons. The molecule has 0 aromatic heterocycles. The largest absolute Gasteiger partial charge is 0.365 e. The molecule has 0 amide bonds. The van der Waals surface area contributed by atoms with E-state index in [0.717, 1.165) is 0 Å². The first-order chi connectivity index (χ1) is 4.42. The summed E-state index contributed by atoms with van der Waals surface area (Å²) in [5.74, 6) is 2.57. The fourth-order valence-electron chi connectivity index (χ4n) is 0.334. The first kappa shape index (κ1) is 9.47. The van der Waals surface area contributed by atoms with Gasteiger partial charge in [0, 0.05) is 6.42 Å². The van der Waals surface area contributed by atoms with Crippen LogP contribution in [-0.4, -0.2) is 8.42 Å². The predicted molar refractivity (Wildman–Crippen MR) is 36.8 cm³/mol. The first-order valence-corrected chi connectivity index (χ1v) is 4.28. The summed E-state index contributed by atoms with van der Waals surface area (Å²) in [4.78, 5) is 0. The molecule has 0 saturated carbocycles. The van der Waals surface area contributed by atoms with E-state index in [1.165, 1.54) is 0 Å². The molecule has 0 heterocycles. The summed E-state index contributed by atoms with van der Waals surface area (Å²) in [7, 11) is -4.33. The second-order valence-corrected chi connectivity index (χ2v) is 3.44. The molecule has 10 heavy (non-hydrogen) atoms. The fraction of sp³-hybridized carbons (Fsp3) is 0.667. The van der Waals surface area contributed by atoms with Gasteiger partial charge in [-0.05, 0) is 5.92 Å². The third-order valence-corrected chi connectivity index (χ3v) is 1.10. The van der Waals surface area contributed by atoms with Crippen molar-refractivity contribution in [1.82, 2.24) is 0 Å². The Morgan fingerprint density at radius 3 is 2.20 bits per heavy atom. The molecule has 0 aliphatic carbocycles. The number of hydrogen-bond acceptors (Lipinski definition) is 2. The highest BCUT2D eigenvalue weighted by molar-refractivity contribution is 7.90. The molecule has 0 aromatic rings. The Balaban J connectivity index is 3.96. The van der Waals surface area contributed by atoms with Crippen LogP contribution in [0.1, 0.15) is 20.3 Å². The van der Waals surface area contributed by atoms with E-state index in [4.69, 9.17) is 0 Å². The van der Waals surface area contributed by atoms with Crippen LogP contribution in [-0.2, 0) is 14.7 Å². The highest BCUT2D eigenvalue weighted by Crippen LogP contribution is 1.95. The third-order valence-electron chi connectivity index (χ3n) is 0.707. The molecule has 0 fully saturated rings. The molecular formula is C6H9O3S. The van der Waals surface area contributed by atoms with Crippen molar-refractivity contribution in [3.8, 4) is 11.2 Å². The lowest BCUT2D eigenvalue weighted by molar-refractivity contribution is 0.426. The average molecular weight is 161 g/mol. The van der Waals surface area contributed by atoms with Crippen LogP contribution in [0.3, 0.4) is 0 Å². The molecular weight excluding hydrogens is 152 g/mol. The maximum Gasteiger partial charge on any atom is 0.365 e. The maximum atomic E-state index is 9.88. The zero-order chi connectivity index (χ0) is 8.20. The second kappa shape index (κ2) is 3.59. The lowest BCUT2D eigenvalue weighted by atomic mass is 10.1. The Morgan fingerprint density at radius 2 is 1.90 bits per heavy atom. The van der Waals surface area contributed by atoms with Gasteiger partial charge in [-0.1, -0.05) is 24.3 Å². The van der Waals surface area contributed by atoms with E-state index >= 15 is 0 Å². The highest BCUT2D eigenvalue weighted by atomic mass is 32.2. The van der Waals surface area contributed by atoms with E-state index in [9.17, 15) is 13.0 Å². The minimum Gasteiger partial charge on any atom is -0.183 e. The SMILES string of the molecule is CC(C)CC#CS([O])(=O)=O. The van der Waals surface area contributed by atoms with E-state index in [1.54, 1.807) is 5.25 Å². The van der Waals surface area contributed by atoms with Crippen LogP contribution in [0.2, 0.25) is 0 Å². The average Bonchev–Trinajstić information content (AvgIpc) is 1.59. The van der Waals surface area contributed by atoms with Crippen LogP contribution in [0.5, 0.6) is 0 Å². The standard InChI is InChI=1S/C6H9O3S/c1-6(2)4-3-5-10(7,8)9/h6H,4H2,1-2H3. The normalized spacial score (nSPS) is 10.8. The molecule has 0 aromatic carbocycles. The summed E-state index contributed by atoms with van der Waals surface area (Å²) in [6.45, 7) is 3.79. The molecule has 0 saturated heterocycles. The predicted octanol–water partition coefficient (Wildman–Crippen LogP) is 0.754. The summed E-state index contributed by atoms with van der Waals surface area (Å²) < 4.78 is 29.7. The zero-order valence-electron chi connectivity index (χ0n) is 5.92. The molecule has 0 N–H and O–H groups in total. The summed E-state index contributed by atoms with van der Waals surface area (Å²) in [6.07, 6.45) is 0.446. The van der Waals surface area contributed by atoms with Gasteiger partial charge in [0.25, 0.3) is 0 Å². The minimum atomic E-state index is -4.33. The van der Waals surface area contributed by atoms with E-state index in [0.29, 0.717) is 12.3 Å². The van der Waals surface area contributed by atoms with Crippen LogP contribution >= 0.6 is 0 Å². The zero-order valence-corrected chi connectivity index (χ0v) is 6.73. The molecule has 3 nitrogen and oxygen atoms in total. The van der Waals surface area contributed by atoms with Crippen molar-refractivity contribution in [3.63, 3.8) is 0 Å². The van der Waals surface area contributed by atoms with E-state index in [2.05, 4.69) is 5.92 Å². The molecule has 4 heteroatoms. The van der Waals surface area contributed by atoms with Crippen LogP contribution in [0.4, 0.5) is 0 Å². The number of rotatable bonds is 1. The van der Waals surface area contributed by atoms with Crippen molar-refractivity contribution in [2.24, 2.45) is 5.92 Å². The van der Waals surface area contributed by atoms with Crippen LogP contribution < -0.4 is 0 Å². The van der Waals surface area contributed by atoms with E-state index < -0.39 is 10.1 Å². The Kier molecular flexibility index (Phi) is 3.40. The first-order valence-electron chi connectivity index (χ1n) is 2.87.